The number of aryl methyl sites for hydroxylation is 2. The lowest BCUT2D eigenvalue weighted by Crippen LogP contribution is -2.46. The van der Waals surface area contributed by atoms with Crippen LogP contribution in [0.1, 0.15) is 25.0 Å². The van der Waals surface area contributed by atoms with Crippen LogP contribution in [0.5, 0.6) is 0 Å². The fourth-order valence-electron chi connectivity index (χ4n) is 2.37. The molecule has 0 fully saturated rings. The molecule has 0 radical (unpaired) electrons. The molecular formula is C17H25N3O4. The summed E-state index contributed by atoms with van der Waals surface area (Å²) in [6.45, 7) is 7.26. The first-order valence-corrected chi connectivity index (χ1v) is 7.78. The topological polar surface area (TPSA) is 98.7 Å². The van der Waals surface area contributed by atoms with Gasteiger partial charge in [-0.15, -0.1) is 0 Å². The van der Waals surface area contributed by atoms with E-state index in [4.69, 9.17) is 0 Å². The molecule has 1 rings (SSSR count). The molecule has 7 nitrogen and oxygen atoms in total. The Morgan fingerprint density at radius 2 is 1.75 bits per heavy atom. The molecule has 1 unspecified atom stereocenters. The summed E-state index contributed by atoms with van der Waals surface area (Å²) >= 11 is 0. The van der Waals surface area contributed by atoms with E-state index < -0.39 is 12.0 Å². The average Bonchev–Trinajstić information content (AvgIpc) is 2.43. The van der Waals surface area contributed by atoms with Gasteiger partial charge in [-0.2, -0.15) is 0 Å². The van der Waals surface area contributed by atoms with E-state index in [0.29, 0.717) is 5.69 Å². The molecule has 0 aliphatic carbocycles. The fourth-order valence-corrected chi connectivity index (χ4v) is 2.37. The summed E-state index contributed by atoms with van der Waals surface area (Å²) in [6, 6.07) is 4.88. The second kappa shape index (κ2) is 9.02. The average molecular weight is 335 g/mol. The van der Waals surface area contributed by atoms with Crippen LogP contribution in [0, 0.1) is 13.8 Å². The predicted octanol–water partition coefficient (Wildman–Crippen LogP) is 1.15. The molecule has 0 aliphatic heterocycles. The maximum atomic E-state index is 12.2. The van der Waals surface area contributed by atoms with E-state index in [-0.39, 0.29) is 31.4 Å². The number of carbonyl (C=O) groups is 3. The van der Waals surface area contributed by atoms with Crippen molar-refractivity contribution in [3.63, 3.8) is 0 Å². The molecule has 1 atom stereocenters. The van der Waals surface area contributed by atoms with Crippen molar-refractivity contribution in [1.29, 1.82) is 0 Å². The summed E-state index contributed by atoms with van der Waals surface area (Å²) in [6.07, 6.45) is 0. The highest BCUT2D eigenvalue weighted by molar-refractivity contribution is 5.92. The Morgan fingerprint density at radius 1 is 1.17 bits per heavy atom. The zero-order valence-corrected chi connectivity index (χ0v) is 14.5. The number of carboxylic acid groups (broad SMARTS) is 1. The van der Waals surface area contributed by atoms with Crippen molar-refractivity contribution in [3.05, 3.63) is 29.3 Å². The normalized spacial score (nSPS) is 11.9. The largest absolute Gasteiger partial charge is 0.480 e. The van der Waals surface area contributed by atoms with Gasteiger partial charge in [0.15, 0.2) is 0 Å². The molecule has 0 heterocycles. The predicted molar refractivity (Wildman–Crippen MR) is 91.9 cm³/mol. The van der Waals surface area contributed by atoms with Gasteiger partial charge in [0.1, 0.15) is 6.04 Å². The molecule has 1 aromatic carbocycles. The first-order chi connectivity index (χ1) is 11.2. The van der Waals surface area contributed by atoms with Gasteiger partial charge in [0.05, 0.1) is 6.54 Å². The van der Waals surface area contributed by atoms with Crippen molar-refractivity contribution >= 4 is 23.5 Å². The number of benzene rings is 1. The summed E-state index contributed by atoms with van der Waals surface area (Å²) in [5.41, 5.74) is 2.75. The summed E-state index contributed by atoms with van der Waals surface area (Å²) in [4.78, 5) is 35.9. The van der Waals surface area contributed by atoms with Crippen LogP contribution in [0.3, 0.4) is 0 Å². The Kier molecular flexibility index (Phi) is 7.38. The molecule has 2 amide bonds. The first-order valence-electron chi connectivity index (χ1n) is 7.78. The maximum absolute atomic E-state index is 12.2. The molecule has 0 saturated heterocycles. The number of nitrogens with zero attached hydrogens (tertiary/aromatic N) is 1. The van der Waals surface area contributed by atoms with Crippen LogP contribution < -0.4 is 10.6 Å². The molecule has 24 heavy (non-hydrogen) atoms. The summed E-state index contributed by atoms with van der Waals surface area (Å²) in [5, 5.41) is 14.6. The highest BCUT2D eigenvalue weighted by Crippen LogP contribution is 2.13. The zero-order valence-electron chi connectivity index (χ0n) is 14.5. The van der Waals surface area contributed by atoms with Crippen molar-refractivity contribution in [1.82, 2.24) is 10.2 Å². The summed E-state index contributed by atoms with van der Waals surface area (Å²) < 4.78 is 0. The monoisotopic (exact) mass is 335 g/mol. The Bertz CT molecular complexity index is 596. The molecule has 0 saturated carbocycles. The van der Waals surface area contributed by atoms with Crippen LogP contribution in [0.15, 0.2) is 18.2 Å². The molecule has 3 N–H and O–H groups in total. The van der Waals surface area contributed by atoms with Gasteiger partial charge in [-0.05, 0) is 44.0 Å². The SMILES string of the molecule is CC(=O)NCCN(CC(=O)Nc1cc(C)cc(C)c1)C(C)C(=O)O. The van der Waals surface area contributed by atoms with Gasteiger partial charge < -0.3 is 15.7 Å². The smallest absolute Gasteiger partial charge is 0.320 e. The van der Waals surface area contributed by atoms with Gasteiger partial charge >= 0.3 is 5.97 Å². The molecular weight excluding hydrogens is 310 g/mol. The highest BCUT2D eigenvalue weighted by atomic mass is 16.4. The second-order valence-corrected chi connectivity index (χ2v) is 5.89. The van der Waals surface area contributed by atoms with E-state index in [0.717, 1.165) is 11.1 Å². The third-order valence-electron chi connectivity index (χ3n) is 3.53. The lowest BCUT2D eigenvalue weighted by molar-refractivity contribution is -0.142. The van der Waals surface area contributed by atoms with Gasteiger partial charge in [-0.3, -0.25) is 19.3 Å². The van der Waals surface area contributed by atoms with Crippen LogP contribution >= 0.6 is 0 Å². The van der Waals surface area contributed by atoms with Crippen molar-refractivity contribution in [2.75, 3.05) is 25.0 Å². The first kappa shape index (κ1) is 19.6. The van der Waals surface area contributed by atoms with Crippen molar-refractivity contribution in [3.8, 4) is 0 Å². The van der Waals surface area contributed by atoms with E-state index in [1.165, 1.54) is 18.7 Å². The van der Waals surface area contributed by atoms with Crippen LogP contribution in [-0.4, -0.2) is 53.5 Å². The Morgan fingerprint density at radius 3 is 2.25 bits per heavy atom. The standard InChI is InChI=1S/C17H25N3O4/c1-11-7-12(2)9-15(8-11)19-16(22)10-20(13(3)17(23)24)6-5-18-14(4)21/h7-9,13H,5-6,10H2,1-4H3,(H,18,21)(H,19,22)(H,23,24). The van der Waals surface area contributed by atoms with Gasteiger partial charge in [0.2, 0.25) is 11.8 Å². The third kappa shape index (κ3) is 6.78. The van der Waals surface area contributed by atoms with Crippen LogP contribution in [0.25, 0.3) is 0 Å². The lowest BCUT2D eigenvalue weighted by Gasteiger charge is -2.25. The molecule has 0 spiro atoms. The molecule has 132 valence electrons. The Labute approximate surface area is 142 Å². The number of anilines is 1. The fraction of sp³-hybridized carbons (Fsp3) is 0.471. The Balaban J connectivity index is 2.71. The molecule has 7 heteroatoms. The number of nitrogens with one attached hydrogen (secondary N) is 2. The van der Waals surface area contributed by atoms with E-state index in [9.17, 15) is 19.5 Å². The number of amides is 2. The number of carbonyl (C=O) groups excluding carboxylic acids is 2. The molecule has 0 aromatic heterocycles. The maximum Gasteiger partial charge on any atom is 0.320 e. The van der Waals surface area contributed by atoms with Gasteiger partial charge in [0.25, 0.3) is 0 Å². The van der Waals surface area contributed by atoms with Gasteiger partial charge in [0, 0.05) is 25.7 Å². The van der Waals surface area contributed by atoms with Crippen LogP contribution in [0.2, 0.25) is 0 Å². The minimum atomic E-state index is -1.02. The van der Waals surface area contributed by atoms with Gasteiger partial charge in [-0.25, -0.2) is 0 Å². The van der Waals surface area contributed by atoms with E-state index in [2.05, 4.69) is 10.6 Å². The van der Waals surface area contributed by atoms with Gasteiger partial charge in [-0.1, -0.05) is 6.07 Å². The number of hydrogen-bond donors (Lipinski definition) is 3. The van der Waals surface area contributed by atoms with Crippen LogP contribution in [-0.2, 0) is 14.4 Å². The molecule has 0 bridgehead atoms. The minimum absolute atomic E-state index is 0.0694. The number of carboxylic acids is 1. The summed E-state index contributed by atoms with van der Waals surface area (Å²) in [7, 11) is 0. The number of hydrogen-bond acceptors (Lipinski definition) is 4. The number of aliphatic carboxylic acids is 1. The van der Waals surface area contributed by atoms with Crippen molar-refractivity contribution in [2.45, 2.75) is 33.7 Å². The van der Waals surface area contributed by atoms with Crippen molar-refractivity contribution in [2.24, 2.45) is 0 Å². The second-order valence-electron chi connectivity index (χ2n) is 5.89. The van der Waals surface area contributed by atoms with E-state index in [1.807, 2.05) is 32.0 Å². The lowest BCUT2D eigenvalue weighted by atomic mass is 10.1. The zero-order chi connectivity index (χ0) is 18.3. The third-order valence-corrected chi connectivity index (χ3v) is 3.53. The Hall–Kier alpha value is -2.41. The summed E-state index contributed by atoms with van der Waals surface area (Å²) in [5.74, 6) is -1.51. The quantitative estimate of drug-likeness (QED) is 0.662. The van der Waals surface area contributed by atoms with Crippen LogP contribution in [0.4, 0.5) is 5.69 Å². The number of rotatable bonds is 8. The van der Waals surface area contributed by atoms with E-state index in [1.54, 1.807) is 0 Å². The minimum Gasteiger partial charge on any atom is -0.480 e. The van der Waals surface area contributed by atoms with E-state index >= 15 is 0 Å². The molecule has 1 aromatic rings. The van der Waals surface area contributed by atoms with Crippen molar-refractivity contribution < 1.29 is 19.5 Å². The highest BCUT2D eigenvalue weighted by Gasteiger charge is 2.22. The molecule has 0 aliphatic rings.